The summed E-state index contributed by atoms with van der Waals surface area (Å²) in [6, 6.07) is 4.61. The monoisotopic (exact) mass is 439 g/mol. The Morgan fingerprint density at radius 1 is 1.03 bits per heavy atom. The lowest BCUT2D eigenvalue weighted by atomic mass is 9.94. The molecule has 1 saturated carbocycles. The van der Waals surface area contributed by atoms with Gasteiger partial charge in [-0.05, 0) is 43.9 Å². The van der Waals surface area contributed by atoms with Gasteiger partial charge in [0.1, 0.15) is 6.61 Å². The van der Waals surface area contributed by atoms with Gasteiger partial charge in [0.2, 0.25) is 0 Å². The summed E-state index contributed by atoms with van der Waals surface area (Å²) < 4.78 is 5.05. The molecule has 4 amide bonds. The highest BCUT2D eigenvalue weighted by molar-refractivity contribution is 6.22. The number of hydrogen-bond acceptors (Lipinski definition) is 5. The lowest BCUT2D eigenvalue weighted by Crippen LogP contribution is -2.46. The second-order valence-corrected chi connectivity index (χ2v) is 8.63. The highest BCUT2D eigenvalue weighted by Crippen LogP contribution is 2.31. The van der Waals surface area contributed by atoms with Crippen LogP contribution in [0.1, 0.15) is 76.0 Å². The van der Waals surface area contributed by atoms with Crippen LogP contribution in [0.5, 0.6) is 0 Å². The Morgan fingerprint density at radius 3 is 2.41 bits per heavy atom. The zero-order valence-corrected chi connectivity index (χ0v) is 18.2. The Morgan fingerprint density at radius 2 is 1.72 bits per heavy atom. The number of amides is 4. The first-order valence-electron chi connectivity index (χ1n) is 11.3. The zero-order chi connectivity index (χ0) is 22.7. The highest BCUT2D eigenvalue weighted by atomic mass is 16.6. The van der Waals surface area contributed by atoms with E-state index < -0.39 is 0 Å². The van der Waals surface area contributed by atoms with Crippen molar-refractivity contribution in [3.8, 4) is 0 Å². The fraction of sp³-hybridized carbons (Fsp3) is 0.500. The van der Waals surface area contributed by atoms with Crippen LogP contribution in [0.15, 0.2) is 30.9 Å². The molecule has 1 N–H and O–H groups in total. The Hall–Kier alpha value is -3.16. The normalized spacial score (nSPS) is 19.6. The Kier molecular flexibility index (Phi) is 6.58. The van der Waals surface area contributed by atoms with Gasteiger partial charge in [-0.1, -0.05) is 31.9 Å². The van der Waals surface area contributed by atoms with Gasteiger partial charge >= 0.3 is 6.09 Å². The molecule has 0 spiro atoms. The van der Waals surface area contributed by atoms with E-state index in [0.717, 1.165) is 32.1 Å². The SMILES string of the molecule is C=CCOC(=O)N1CCC(NC(=O)c2ccc3c(c2)C(=O)N(C2CCCCC2)C3=O)CC1. The number of hydrogen-bond donors (Lipinski definition) is 1. The van der Waals surface area contributed by atoms with Crippen molar-refractivity contribution in [2.24, 2.45) is 0 Å². The molecule has 0 radical (unpaired) electrons. The van der Waals surface area contributed by atoms with Gasteiger partial charge < -0.3 is 15.0 Å². The molecule has 0 atom stereocenters. The minimum atomic E-state index is -0.376. The Labute approximate surface area is 187 Å². The molecule has 2 fully saturated rings. The number of carbonyl (C=O) groups excluding carboxylic acids is 4. The molecule has 8 heteroatoms. The van der Waals surface area contributed by atoms with Crippen molar-refractivity contribution < 1.29 is 23.9 Å². The number of nitrogens with zero attached hydrogens (tertiary/aromatic N) is 2. The number of carbonyl (C=O) groups is 4. The maximum Gasteiger partial charge on any atom is 0.410 e. The van der Waals surface area contributed by atoms with Crippen molar-refractivity contribution in [2.45, 2.75) is 57.0 Å². The van der Waals surface area contributed by atoms with Crippen molar-refractivity contribution in [3.05, 3.63) is 47.5 Å². The van der Waals surface area contributed by atoms with E-state index in [-0.39, 0.29) is 42.5 Å². The van der Waals surface area contributed by atoms with E-state index in [0.29, 0.717) is 42.6 Å². The summed E-state index contributed by atoms with van der Waals surface area (Å²) in [7, 11) is 0. The van der Waals surface area contributed by atoms with Gasteiger partial charge in [-0.25, -0.2) is 4.79 Å². The third-order valence-electron chi connectivity index (χ3n) is 6.53. The third kappa shape index (κ3) is 4.40. The molecule has 4 rings (SSSR count). The maximum atomic E-state index is 13.0. The summed E-state index contributed by atoms with van der Waals surface area (Å²) in [5.41, 5.74) is 1.06. The molecular weight excluding hydrogens is 410 g/mol. The first-order chi connectivity index (χ1) is 15.5. The van der Waals surface area contributed by atoms with Crippen LogP contribution in [0.2, 0.25) is 0 Å². The molecule has 0 unspecified atom stereocenters. The zero-order valence-electron chi connectivity index (χ0n) is 18.2. The molecule has 32 heavy (non-hydrogen) atoms. The van der Waals surface area contributed by atoms with Crippen LogP contribution >= 0.6 is 0 Å². The molecule has 1 aromatic carbocycles. The van der Waals surface area contributed by atoms with E-state index in [4.69, 9.17) is 4.74 Å². The number of piperidine rings is 1. The fourth-order valence-electron chi connectivity index (χ4n) is 4.77. The standard InChI is InChI=1S/C24H29N3O5/c1-2-14-32-24(31)26-12-10-17(11-13-26)25-21(28)16-8-9-19-20(15-16)23(30)27(22(19)29)18-6-4-3-5-7-18/h2,8-9,15,17-18H,1,3-7,10-14H2,(H,25,28). The van der Waals surface area contributed by atoms with Gasteiger partial charge in [0.15, 0.2) is 0 Å². The summed E-state index contributed by atoms with van der Waals surface area (Å²) in [6.07, 6.45) is 7.26. The first-order valence-corrected chi connectivity index (χ1v) is 11.3. The molecule has 1 aromatic rings. The van der Waals surface area contributed by atoms with Crippen LogP contribution in [0.4, 0.5) is 4.79 Å². The van der Waals surface area contributed by atoms with E-state index in [1.54, 1.807) is 17.0 Å². The number of fused-ring (bicyclic) bond motifs is 1. The predicted molar refractivity (Wildman–Crippen MR) is 117 cm³/mol. The second kappa shape index (κ2) is 9.54. The van der Waals surface area contributed by atoms with Gasteiger partial charge in [-0.15, -0.1) is 0 Å². The summed E-state index contributed by atoms with van der Waals surface area (Å²) in [6.45, 7) is 4.69. The number of nitrogens with one attached hydrogen (secondary N) is 1. The molecule has 170 valence electrons. The fourth-order valence-corrected chi connectivity index (χ4v) is 4.77. The van der Waals surface area contributed by atoms with Crippen molar-refractivity contribution in [2.75, 3.05) is 19.7 Å². The number of ether oxygens (including phenoxy) is 1. The minimum absolute atomic E-state index is 0.0446. The number of benzene rings is 1. The highest BCUT2D eigenvalue weighted by Gasteiger charge is 2.40. The van der Waals surface area contributed by atoms with E-state index in [2.05, 4.69) is 11.9 Å². The van der Waals surface area contributed by atoms with Gasteiger partial charge in [0.05, 0.1) is 11.1 Å². The number of likely N-dealkylation sites (tertiary alicyclic amines) is 1. The van der Waals surface area contributed by atoms with Crippen LogP contribution in [0.3, 0.4) is 0 Å². The van der Waals surface area contributed by atoms with Crippen molar-refractivity contribution >= 4 is 23.8 Å². The largest absolute Gasteiger partial charge is 0.445 e. The molecule has 2 aliphatic heterocycles. The summed E-state index contributed by atoms with van der Waals surface area (Å²) in [4.78, 5) is 53.5. The first kappa shape index (κ1) is 22.0. The van der Waals surface area contributed by atoms with Crippen LogP contribution in [0.25, 0.3) is 0 Å². The lowest BCUT2D eigenvalue weighted by molar-refractivity contribution is 0.0548. The lowest BCUT2D eigenvalue weighted by Gasteiger charge is -2.31. The summed E-state index contributed by atoms with van der Waals surface area (Å²) in [5.74, 6) is -0.825. The summed E-state index contributed by atoms with van der Waals surface area (Å²) in [5, 5.41) is 2.99. The molecule has 2 heterocycles. The van der Waals surface area contributed by atoms with Gasteiger partial charge in [0, 0.05) is 30.7 Å². The quantitative estimate of drug-likeness (QED) is 0.562. The van der Waals surface area contributed by atoms with Gasteiger partial charge in [-0.2, -0.15) is 0 Å². The molecule has 1 aliphatic carbocycles. The van der Waals surface area contributed by atoms with Crippen molar-refractivity contribution in [3.63, 3.8) is 0 Å². The average molecular weight is 440 g/mol. The van der Waals surface area contributed by atoms with E-state index in [1.165, 1.54) is 17.0 Å². The van der Waals surface area contributed by atoms with E-state index >= 15 is 0 Å². The van der Waals surface area contributed by atoms with Crippen LogP contribution < -0.4 is 5.32 Å². The van der Waals surface area contributed by atoms with Crippen molar-refractivity contribution in [1.82, 2.24) is 15.1 Å². The average Bonchev–Trinajstić information content (AvgIpc) is 3.07. The molecule has 3 aliphatic rings. The molecule has 0 aromatic heterocycles. The smallest absolute Gasteiger partial charge is 0.410 e. The topological polar surface area (TPSA) is 96.0 Å². The van der Waals surface area contributed by atoms with E-state index in [1.807, 2.05) is 0 Å². The Bertz CT molecular complexity index is 930. The second-order valence-electron chi connectivity index (χ2n) is 8.63. The van der Waals surface area contributed by atoms with Gasteiger partial charge in [0.25, 0.3) is 17.7 Å². The molecule has 8 nitrogen and oxygen atoms in total. The van der Waals surface area contributed by atoms with Crippen LogP contribution in [0, 0.1) is 0 Å². The van der Waals surface area contributed by atoms with Crippen LogP contribution in [-0.2, 0) is 4.74 Å². The molecular formula is C24H29N3O5. The number of imide groups is 1. The maximum absolute atomic E-state index is 13.0. The summed E-state index contributed by atoms with van der Waals surface area (Å²) >= 11 is 0. The molecule has 0 bridgehead atoms. The number of rotatable bonds is 5. The van der Waals surface area contributed by atoms with E-state index in [9.17, 15) is 19.2 Å². The van der Waals surface area contributed by atoms with Crippen molar-refractivity contribution in [1.29, 1.82) is 0 Å². The predicted octanol–water partition coefficient (Wildman–Crippen LogP) is 3.13. The van der Waals surface area contributed by atoms with Gasteiger partial charge in [-0.3, -0.25) is 19.3 Å². The minimum Gasteiger partial charge on any atom is -0.445 e. The van der Waals surface area contributed by atoms with Crippen LogP contribution in [-0.4, -0.2) is 65.4 Å². The Balaban J connectivity index is 1.37. The molecule has 1 saturated heterocycles. The third-order valence-corrected chi connectivity index (χ3v) is 6.53.